The third kappa shape index (κ3) is 2.94. The molecule has 1 unspecified atom stereocenters. The molecule has 1 aliphatic heterocycles. The molecule has 3 aromatic heterocycles. The zero-order chi connectivity index (χ0) is 16.5. The number of nitrogens with two attached hydrogens (primary N) is 1. The lowest BCUT2D eigenvalue weighted by Gasteiger charge is -2.28. The summed E-state index contributed by atoms with van der Waals surface area (Å²) >= 11 is 0.246. The van der Waals surface area contributed by atoms with E-state index in [1.807, 2.05) is 10.8 Å². The van der Waals surface area contributed by atoms with Crippen LogP contribution >= 0.6 is 11.3 Å². The second-order valence-electron chi connectivity index (χ2n) is 5.81. The monoisotopic (exact) mass is 362 g/mol. The normalized spacial score (nSPS) is 16.6. The molecule has 0 aromatic carbocycles. The lowest BCUT2D eigenvalue weighted by atomic mass is 10.1. The number of aromatic nitrogens is 4. The minimum atomic E-state index is -1.32. The molecule has 1 saturated heterocycles. The largest absolute Gasteiger partial charge is 0.609 e. The van der Waals surface area contributed by atoms with E-state index in [9.17, 15) is 4.55 Å². The molecule has 0 aliphatic carbocycles. The fourth-order valence-corrected chi connectivity index (χ4v) is 4.65. The number of H-pyrrole nitrogens is 1. The molecule has 24 heavy (non-hydrogen) atoms. The summed E-state index contributed by atoms with van der Waals surface area (Å²) in [6.45, 7) is 1.91. The van der Waals surface area contributed by atoms with Crippen LogP contribution in [-0.4, -0.2) is 37.6 Å². The van der Waals surface area contributed by atoms with Crippen LogP contribution in [-0.2, 0) is 16.9 Å². The van der Waals surface area contributed by atoms with Crippen LogP contribution in [0.2, 0.25) is 0 Å². The first-order valence-electron chi connectivity index (χ1n) is 7.87. The number of fused-ring (bicyclic) bond motifs is 1. The smallest absolute Gasteiger partial charge is 0.322 e. The number of nitrogens with one attached hydrogen (secondary N) is 1. The Morgan fingerprint density at radius 3 is 2.88 bits per heavy atom. The molecule has 4 heterocycles. The molecule has 7 nitrogen and oxygen atoms in total. The summed E-state index contributed by atoms with van der Waals surface area (Å²) in [7, 11) is 0. The topological polar surface area (TPSA) is 107 Å². The van der Waals surface area contributed by atoms with Gasteiger partial charge < -0.3 is 15.2 Å². The third-order valence-corrected chi connectivity index (χ3v) is 6.08. The SMILES string of the molecule is Nc1c(C[S+]([O-])c2nc3cscc3[nH]2)ncnc1N1CCCCC1. The van der Waals surface area contributed by atoms with Gasteiger partial charge in [-0.2, -0.15) is 4.98 Å². The first-order chi connectivity index (χ1) is 11.7. The number of hydrogen-bond acceptors (Lipinski definition) is 7. The van der Waals surface area contributed by atoms with E-state index in [0.717, 1.165) is 42.8 Å². The van der Waals surface area contributed by atoms with E-state index in [0.29, 0.717) is 16.5 Å². The molecule has 0 saturated carbocycles. The van der Waals surface area contributed by atoms with E-state index < -0.39 is 11.2 Å². The predicted octanol–water partition coefficient (Wildman–Crippen LogP) is 2.29. The van der Waals surface area contributed by atoms with E-state index in [2.05, 4.69) is 24.8 Å². The molecule has 126 valence electrons. The van der Waals surface area contributed by atoms with Crippen molar-refractivity contribution in [2.75, 3.05) is 23.7 Å². The minimum absolute atomic E-state index is 0.231. The third-order valence-electron chi connectivity index (χ3n) is 4.19. The number of imidazole rings is 1. The Bertz CT molecular complexity index is 813. The molecule has 3 aromatic rings. The number of aromatic amines is 1. The van der Waals surface area contributed by atoms with Crippen molar-refractivity contribution in [2.24, 2.45) is 0 Å². The highest BCUT2D eigenvalue weighted by Gasteiger charge is 2.23. The van der Waals surface area contributed by atoms with E-state index in [-0.39, 0.29) is 5.75 Å². The first kappa shape index (κ1) is 15.7. The molecule has 4 rings (SSSR count). The average Bonchev–Trinajstić information content (AvgIpc) is 3.19. The highest BCUT2D eigenvalue weighted by molar-refractivity contribution is 7.90. The number of nitrogen functional groups attached to an aromatic ring is 1. The number of piperidine rings is 1. The highest BCUT2D eigenvalue weighted by Crippen LogP contribution is 2.28. The number of thiophene rings is 1. The summed E-state index contributed by atoms with van der Waals surface area (Å²) in [6.07, 6.45) is 5.04. The molecular formula is C15H18N6OS2. The number of anilines is 2. The van der Waals surface area contributed by atoms with Gasteiger partial charge >= 0.3 is 5.16 Å². The quantitative estimate of drug-likeness (QED) is 0.690. The number of nitrogens with zero attached hydrogens (tertiary/aromatic N) is 4. The maximum Gasteiger partial charge on any atom is 0.322 e. The second kappa shape index (κ2) is 6.58. The summed E-state index contributed by atoms with van der Waals surface area (Å²) in [5.41, 5.74) is 9.16. The van der Waals surface area contributed by atoms with Gasteiger partial charge in [-0.05, 0) is 19.3 Å². The summed E-state index contributed by atoms with van der Waals surface area (Å²) in [5.74, 6) is 0.992. The summed E-state index contributed by atoms with van der Waals surface area (Å²) < 4.78 is 12.6. The van der Waals surface area contributed by atoms with E-state index in [1.165, 1.54) is 12.7 Å². The maximum absolute atomic E-state index is 12.6. The van der Waals surface area contributed by atoms with Crippen LogP contribution in [0.3, 0.4) is 0 Å². The van der Waals surface area contributed by atoms with Crippen LogP contribution in [0.15, 0.2) is 22.2 Å². The van der Waals surface area contributed by atoms with Gasteiger partial charge in [0.05, 0.1) is 5.52 Å². The summed E-state index contributed by atoms with van der Waals surface area (Å²) in [5, 5.41) is 4.35. The van der Waals surface area contributed by atoms with Gasteiger partial charge in [0.25, 0.3) is 0 Å². The van der Waals surface area contributed by atoms with Crippen LogP contribution in [0.4, 0.5) is 11.5 Å². The van der Waals surface area contributed by atoms with Crippen molar-refractivity contribution in [3.8, 4) is 0 Å². The van der Waals surface area contributed by atoms with Gasteiger partial charge in [0.1, 0.15) is 23.2 Å². The molecule has 0 amide bonds. The van der Waals surface area contributed by atoms with Gasteiger partial charge in [0.2, 0.25) is 0 Å². The Hall–Kier alpha value is -1.84. The molecule has 0 spiro atoms. The Balaban J connectivity index is 1.56. The van der Waals surface area contributed by atoms with Crippen molar-refractivity contribution < 1.29 is 4.55 Å². The van der Waals surface area contributed by atoms with E-state index >= 15 is 0 Å². The van der Waals surface area contributed by atoms with Crippen molar-refractivity contribution in [1.82, 2.24) is 19.9 Å². The van der Waals surface area contributed by atoms with Gasteiger partial charge in [-0.15, -0.1) is 11.3 Å². The highest BCUT2D eigenvalue weighted by atomic mass is 32.2. The molecule has 1 atom stereocenters. The fraction of sp³-hybridized carbons (Fsp3) is 0.400. The summed E-state index contributed by atoms with van der Waals surface area (Å²) in [4.78, 5) is 18.2. The molecule has 3 N–H and O–H groups in total. The Morgan fingerprint density at radius 1 is 1.25 bits per heavy atom. The number of rotatable bonds is 4. The van der Waals surface area contributed by atoms with Gasteiger partial charge in [0.15, 0.2) is 11.6 Å². The van der Waals surface area contributed by atoms with E-state index in [1.54, 1.807) is 11.3 Å². The predicted molar refractivity (Wildman–Crippen MR) is 96.6 cm³/mol. The van der Waals surface area contributed by atoms with Crippen LogP contribution in [0.5, 0.6) is 0 Å². The molecular weight excluding hydrogens is 344 g/mol. The minimum Gasteiger partial charge on any atom is -0.609 e. The maximum atomic E-state index is 12.6. The van der Waals surface area contributed by atoms with Crippen molar-refractivity contribution in [3.05, 3.63) is 22.8 Å². The molecule has 0 bridgehead atoms. The second-order valence-corrected chi connectivity index (χ2v) is 7.92. The van der Waals surface area contributed by atoms with Crippen LogP contribution in [0, 0.1) is 0 Å². The molecule has 1 aliphatic rings. The lowest BCUT2D eigenvalue weighted by Crippen LogP contribution is -2.31. The van der Waals surface area contributed by atoms with Gasteiger partial charge in [0, 0.05) is 35.0 Å². The van der Waals surface area contributed by atoms with Crippen LogP contribution < -0.4 is 10.6 Å². The van der Waals surface area contributed by atoms with Crippen molar-refractivity contribution >= 4 is 45.1 Å². The van der Waals surface area contributed by atoms with Crippen molar-refractivity contribution in [3.63, 3.8) is 0 Å². The zero-order valence-corrected chi connectivity index (χ0v) is 14.7. The van der Waals surface area contributed by atoms with Crippen LogP contribution in [0.25, 0.3) is 11.0 Å². The van der Waals surface area contributed by atoms with Crippen LogP contribution in [0.1, 0.15) is 25.0 Å². The molecule has 1 fully saturated rings. The van der Waals surface area contributed by atoms with Crippen molar-refractivity contribution in [2.45, 2.75) is 30.2 Å². The summed E-state index contributed by atoms with van der Waals surface area (Å²) in [6, 6.07) is 0. The Morgan fingerprint density at radius 2 is 2.08 bits per heavy atom. The van der Waals surface area contributed by atoms with Gasteiger partial charge in [-0.1, -0.05) is 0 Å². The standard InChI is InChI=1S/C15H18N6OS2/c16-13-12(17-9-18-14(13)21-4-2-1-3-5-21)8-24(22)15-19-10-6-23-7-11(10)20-15/h6-7,9H,1-5,8,16H2,(H,19,20). The van der Waals surface area contributed by atoms with Gasteiger partial charge in [-0.3, -0.25) is 4.98 Å². The first-order valence-corrected chi connectivity index (χ1v) is 10.1. The Labute approximate surface area is 146 Å². The van der Waals surface area contributed by atoms with Gasteiger partial charge in [-0.25, -0.2) is 9.97 Å². The molecule has 0 radical (unpaired) electrons. The average molecular weight is 362 g/mol. The Kier molecular flexibility index (Phi) is 4.30. The fourth-order valence-electron chi connectivity index (χ4n) is 2.92. The van der Waals surface area contributed by atoms with Crippen molar-refractivity contribution in [1.29, 1.82) is 0 Å². The van der Waals surface area contributed by atoms with E-state index in [4.69, 9.17) is 5.73 Å². The molecule has 9 heteroatoms. The number of hydrogen-bond donors (Lipinski definition) is 2. The zero-order valence-electron chi connectivity index (χ0n) is 13.1. The lowest BCUT2D eigenvalue weighted by molar-refractivity contribution is 0.573.